The van der Waals surface area contributed by atoms with Gasteiger partial charge in [0.25, 0.3) is 0 Å². The lowest BCUT2D eigenvalue weighted by Crippen LogP contribution is -2.25. The average Bonchev–Trinajstić information content (AvgIpc) is 2.53. The van der Waals surface area contributed by atoms with E-state index in [4.69, 9.17) is 11.6 Å². The first-order chi connectivity index (χ1) is 10.2. The minimum atomic E-state index is 0.541. The van der Waals surface area contributed by atoms with Gasteiger partial charge in [-0.3, -0.25) is 0 Å². The SMILES string of the molecule is Clc1cccc(NC2CCC(c3ccccc3)CC2)c1Br. The van der Waals surface area contributed by atoms with Crippen LogP contribution in [0.5, 0.6) is 0 Å². The van der Waals surface area contributed by atoms with Crippen LogP contribution < -0.4 is 5.32 Å². The maximum Gasteiger partial charge on any atom is 0.0593 e. The second-order valence-electron chi connectivity index (χ2n) is 5.70. The summed E-state index contributed by atoms with van der Waals surface area (Å²) < 4.78 is 0.969. The van der Waals surface area contributed by atoms with E-state index in [1.807, 2.05) is 12.1 Å². The lowest BCUT2D eigenvalue weighted by molar-refractivity contribution is 0.412. The largest absolute Gasteiger partial charge is 0.381 e. The molecule has 0 radical (unpaired) electrons. The van der Waals surface area contributed by atoms with E-state index in [9.17, 15) is 0 Å². The van der Waals surface area contributed by atoms with Crippen molar-refractivity contribution in [2.24, 2.45) is 0 Å². The maximum atomic E-state index is 6.15. The minimum absolute atomic E-state index is 0.541. The van der Waals surface area contributed by atoms with Crippen LogP contribution in [0.1, 0.15) is 37.2 Å². The molecule has 0 unspecified atom stereocenters. The highest BCUT2D eigenvalue weighted by Gasteiger charge is 2.22. The van der Waals surface area contributed by atoms with Gasteiger partial charge in [-0.2, -0.15) is 0 Å². The minimum Gasteiger partial charge on any atom is -0.381 e. The number of nitrogens with one attached hydrogen (secondary N) is 1. The molecule has 0 saturated heterocycles. The van der Waals surface area contributed by atoms with Gasteiger partial charge in [-0.1, -0.05) is 48.0 Å². The molecule has 21 heavy (non-hydrogen) atoms. The van der Waals surface area contributed by atoms with Crippen LogP contribution in [0.15, 0.2) is 53.0 Å². The van der Waals surface area contributed by atoms with Gasteiger partial charge in [-0.05, 0) is 65.2 Å². The highest BCUT2D eigenvalue weighted by molar-refractivity contribution is 9.10. The summed E-state index contributed by atoms with van der Waals surface area (Å²) in [6.07, 6.45) is 4.91. The third kappa shape index (κ3) is 3.61. The maximum absolute atomic E-state index is 6.15. The Morgan fingerprint density at radius 3 is 2.33 bits per heavy atom. The molecule has 1 aliphatic carbocycles. The van der Waals surface area contributed by atoms with Crippen LogP contribution in [-0.2, 0) is 0 Å². The molecule has 3 rings (SSSR count). The van der Waals surface area contributed by atoms with Gasteiger partial charge in [0.1, 0.15) is 0 Å². The quantitative estimate of drug-likeness (QED) is 0.679. The molecule has 0 aromatic heterocycles. The van der Waals surface area contributed by atoms with Crippen molar-refractivity contribution in [2.75, 3.05) is 5.32 Å². The average molecular weight is 365 g/mol. The van der Waals surface area contributed by atoms with Crippen molar-refractivity contribution in [3.05, 3.63) is 63.6 Å². The zero-order valence-corrected chi connectivity index (χ0v) is 14.2. The molecule has 0 bridgehead atoms. The first-order valence-electron chi connectivity index (χ1n) is 7.49. The molecule has 1 nitrogen and oxygen atoms in total. The Morgan fingerprint density at radius 2 is 1.62 bits per heavy atom. The van der Waals surface area contributed by atoms with E-state index >= 15 is 0 Å². The number of hydrogen-bond donors (Lipinski definition) is 1. The molecular weight excluding hydrogens is 346 g/mol. The lowest BCUT2D eigenvalue weighted by Gasteiger charge is -2.30. The van der Waals surface area contributed by atoms with E-state index in [0.717, 1.165) is 15.2 Å². The Labute approximate surface area is 139 Å². The van der Waals surface area contributed by atoms with E-state index in [0.29, 0.717) is 12.0 Å². The Bertz CT molecular complexity index is 591. The third-order valence-electron chi connectivity index (χ3n) is 4.31. The Balaban J connectivity index is 1.60. The molecular formula is C18H19BrClN. The zero-order chi connectivity index (χ0) is 14.7. The molecule has 1 fully saturated rings. The van der Waals surface area contributed by atoms with Gasteiger partial charge in [0.05, 0.1) is 15.2 Å². The molecule has 1 N–H and O–H groups in total. The molecule has 110 valence electrons. The van der Waals surface area contributed by atoms with Gasteiger partial charge >= 0.3 is 0 Å². The molecule has 3 heteroatoms. The van der Waals surface area contributed by atoms with E-state index in [1.165, 1.54) is 31.2 Å². The van der Waals surface area contributed by atoms with Crippen LogP contribution in [0.3, 0.4) is 0 Å². The van der Waals surface area contributed by atoms with Crippen molar-refractivity contribution < 1.29 is 0 Å². The molecule has 0 atom stereocenters. The van der Waals surface area contributed by atoms with Crippen molar-refractivity contribution >= 4 is 33.2 Å². The lowest BCUT2D eigenvalue weighted by atomic mass is 9.82. The molecule has 1 saturated carbocycles. The number of halogens is 2. The first-order valence-corrected chi connectivity index (χ1v) is 8.66. The highest BCUT2D eigenvalue weighted by Crippen LogP contribution is 2.36. The van der Waals surface area contributed by atoms with Crippen LogP contribution in [0.2, 0.25) is 5.02 Å². The van der Waals surface area contributed by atoms with Crippen LogP contribution >= 0.6 is 27.5 Å². The van der Waals surface area contributed by atoms with E-state index in [1.54, 1.807) is 0 Å². The van der Waals surface area contributed by atoms with E-state index in [-0.39, 0.29) is 0 Å². The molecule has 2 aromatic carbocycles. The van der Waals surface area contributed by atoms with Gasteiger partial charge in [0.15, 0.2) is 0 Å². The fraction of sp³-hybridized carbons (Fsp3) is 0.333. The number of hydrogen-bond acceptors (Lipinski definition) is 1. The standard InChI is InChI=1S/C18H19BrClN/c19-18-16(20)7-4-8-17(18)21-15-11-9-14(10-12-15)13-5-2-1-3-6-13/h1-8,14-15,21H,9-12H2. The summed E-state index contributed by atoms with van der Waals surface area (Å²) >= 11 is 9.71. The van der Waals surface area contributed by atoms with E-state index < -0.39 is 0 Å². The van der Waals surface area contributed by atoms with Gasteiger partial charge in [0, 0.05) is 6.04 Å². The molecule has 2 aromatic rings. The summed E-state index contributed by atoms with van der Waals surface area (Å²) in [5.74, 6) is 0.715. The van der Waals surface area contributed by atoms with Crippen LogP contribution in [0.4, 0.5) is 5.69 Å². The van der Waals surface area contributed by atoms with Crippen LogP contribution in [0, 0.1) is 0 Å². The third-order valence-corrected chi connectivity index (χ3v) is 5.71. The second kappa shape index (κ2) is 6.85. The first kappa shape index (κ1) is 14.9. The van der Waals surface area contributed by atoms with Crippen molar-refractivity contribution in [3.8, 4) is 0 Å². The predicted octanol–water partition coefficient (Wildman–Crippen LogP) is 6.24. The van der Waals surface area contributed by atoms with Crippen molar-refractivity contribution in [1.29, 1.82) is 0 Å². The number of anilines is 1. The smallest absolute Gasteiger partial charge is 0.0593 e. The van der Waals surface area contributed by atoms with Crippen molar-refractivity contribution in [1.82, 2.24) is 0 Å². The second-order valence-corrected chi connectivity index (χ2v) is 6.91. The summed E-state index contributed by atoms with van der Waals surface area (Å²) in [6, 6.07) is 17.4. The van der Waals surface area contributed by atoms with Gasteiger partial charge in [-0.15, -0.1) is 0 Å². The van der Waals surface area contributed by atoms with Gasteiger partial charge in [-0.25, -0.2) is 0 Å². The van der Waals surface area contributed by atoms with Crippen LogP contribution in [-0.4, -0.2) is 6.04 Å². The van der Waals surface area contributed by atoms with Crippen molar-refractivity contribution in [2.45, 2.75) is 37.6 Å². The monoisotopic (exact) mass is 363 g/mol. The topological polar surface area (TPSA) is 12.0 Å². The van der Waals surface area contributed by atoms with Gasteiger partial charge < -0.3 is 5.32 Å². The molecule has 0 spiro atoms. The summed E-state index contributed by atoms with van der Waals surface area (Å²) in [5.41, 5.74) is 2.59. The van der Waals surface area contributed by atoms with E-state index in [2.05, 4.69) is 57.6 Å². The highest BCUT2D eigenvalue weighted by atomic mass is 79.9. The van der Waals surface area contributed by atoms with Crippen LogP contribution in [0.25, 0.3) is 0 Å². The molecule has 0 amide bonds. The summed E-state index contributed by atoms with van der Waals surface area (Å²) in [5, 5.41) is 4.39. The summed E-state index contributed by atoms with van der Waals surface area (Å²) in [7, 11) is 0. The molecule has 0 heterocycles. The Hall–Kier alpha value is -0.990. The summed E-state index contributed by atoms with van der Waals surface area (Å²) in [4.78, 5) is 0. The number of benzene rings is 2. The summed E-state index contributed by atoms with van der Waals surface area (Å²) in [6.45, 7) is 0. The fourth-order valence-corrected chi connectivity index (χ4v) is 3.68. The van der Waals surface area contributed by atoms with Crippen molar-refractivity contribution in [3.63, 3.8) is 0 Å². The number of rotatable bonds is 3. The zero-order valence-electron chi connectivity index (χ0n) is 11.9. The Morgan fingerprint density at radius 1 is 0.905 bits per heavy atom. The molecule has 1 aliphatic rings. The normalized spacial score (nSPS) is 22.0. The Kier molecular flexibility index (Phi) is 4.87. The molecule has 0 aliphatic heterocycles. The predicted molar refractivity (Wildman–Crippen MR) is 94.2 cm³/mol. The van der Waals surface area contributed by atoms with Gasteiger partial charge in [0.2, 0.25) is 0 Å². The fourth-order valence-electron chi connectivity index (χ4n) is 3.13.